The maximum Gasteiger partial charge on any atom is 0.275 e. The Bertz CT molecular complexity index is 809. The smallest absolute Gasteiger partial charge is 0.275 e. The Labute approximate surface area is 153 Å². The summed E-state index contributed by atoms with van der Waals surface area (Å²) in [5.41, 5.74) is 0.847. The van der Waals surface area contributed by atoms with E-state index in [1.165, 1.54) is 4.88 Å². The highest BCUT2D eigenvalue weighted by atomic mass is 79.9. The molecule has 3 rings (SSSR count). The Morgan fingerprint density at radius 3 is 2.83 bits per heavy atom. The number of quaternary nitrogens is 1. The number of hydrogen-bond acceptors (Lipinski definition) is 3. The molecule has 0 fully saturated rings. The Hall–Kier alpha value is -1.63. The van der Waals surface area contributed by atoms with Crippen molar-refractivity contribution in [2.75, 3.05) is 13.6 Å². The molecule has 2 heterocycles. The van der Waals surface area contributed by atoms with Gasteiger partial charge in [0.1, 0.15) is 17.9 Å². The van der Waals surface area contributed by atoms with Crippen molar-refractivity contribution in [1.29, 1.82) is 0 Å². The van der Waals surface area contributed by atoms with Crippen molar-refractivity contribution in [3.05, 3.63) is 56.9 Å². The topological polar surface area (TPSA) is 46.7 Å². The first-order valence-corrected chi connectivity index (χ1v) is 9.45. The van der Waals surface area contributed by atoms with Crippen LogP contribution in [0.4, 0.5) is 0 Å². The molecule has 126 valence electrons. The summed E-state index contributed by atoms with van der Waals surface area (Å²) in [5.74, 6) is 0.806. The third-order valence-electron chi connectivity index (χ3n) is 3.82. The minimum atomic E-state index is -0.145. The molecular weight excluding hydrogens is 388 g/mol. The minimum Gasteiger partial charge on any atom is -0.459 e. The molecule has 0 saturated carbocycles. The van der Waals surface area contributed by atoms with Gasteiger partial charge in [0, 0.05) is 5.39 Å². The number of halogens is 1. The van der Waals surface area contributed by atoms with Gasteiger partial charge in [0.25, 0.3) is 5.91 Å². The number of hydrogen-bond donors (Lipinski definition) is 2. The maximum absolute atomic E-state index is 12.3. The first-order valence-electron chi connectivity index (χ1n) is 7.84. The molecule has 1 amide bonds. The van der Waals surface area contributed by atoms with Crippen molar-refractivity contribution in [3.8, 4) is 0 Å². The fourth-order valence-electron chi connectivity index (χ4n) is 2.66. The van der Waals surface area contributed by atoms with E-state index in [4.69, 9.17) is 4.42 Å². The van der Waals surface area contributed by atoms with E-state index in [0.717, 1.165) is 32.0 Å². The van der Waals surface area contributed by atoms with Crippen LogP contribution in [0.3, 0.4) is 0 Å². The van der Waals surface area contributed by atoms with Gasteiger partial charge in [-0.3, -0.25) is 4.79 Å². The SMILES string of the molecule is C[C@H](NC(=O)C[NH+](C)Cc1ccc(Br)s1)c1cc2ccccc2o1. The molecule has 1 unspecified atom stereocenters. The van der Waals surface area contributed by atoms with E-state index in [1.54, 1.807) is 11.3 Å². The molecule has 1 aromatic carbocycles. The van der Waals surface area contributed by atoms with E-state index in [9.17, 15) is 4.79 Å². The summed E-state index contributed by atoms with van der Waals surface area (Å²) in [6.07, 6.45) is 0. The molecule has 6 heteroatoms. The molecule has 4 nitrogen and oxygen atoms in total. The van der Waals surface area contributed by atoms with Gasteiger partial charge in [0.2, 0.25) is 0 Å². The van der Waals surface area contributed by atoms with Crippen LogP contribution >= 0.6 is 27.3 Å². The van der Waals surface area contributed by atoms with Gasteiger partial charge >= 0.3 is 0 Å². The van der Waals surface area contributed by atoms with Crippen LogP contribution in [0.25, 0.3) is 11.0 Å². The Morgan fingerprint density at radius 2 is 2.12 bits per heavy atom. The number of para-hydroxylation sites is 1. The van der Waals surface area contributed by atoms with E-state index in [1.807, 2.05) is 50.4 Å². The average Bonchev–Trinajstić information content (AvgIpc) is 3.12. The van der Waals surface area contributed by atoms with Gasteiger partial charge in [0.05, 0.1) is 21.8 Å². The molecule has 2 aromatic heterocycles. The summed E-state index contributed by atoms with van der Waals surface area (Å²) in [6, 6.07) is 13.8. The molecule has 0 saturated heterocycles. The molecule has 0 spiro atoms. The number of carbonyl (C=O) groups excluding carboxylic acids is 1. The summed E-state index contributed by atoms with van der Waals surface area (Å²) in [4.78, 5) is 14.7. The lowest BCUT2D eigenvalue weighted by molar-refractivity contribution is -0.885. The van der Waals surface area contributed by atoms with Crippen LogP contribution in [0, 0.1) is 0 Å². The number of amides is 1. The molecule has 0 radical (unpaired) electrons. The third-order valence-corrected chi connectivity index (χ3v) is 5.44. The van der Waals surface area contributed by atoms with Crippen LogP contribution in [0.5, 0.6) is 0 Å². The summed E-state index contributed by atoms with van der Waals surface area (Å²) < 4.78 is 6.93. The fourth-order valence-corrected chi connectivity index (χ4v) is 4.26. The zero-order valence-corrected chi connectivity index (χ0v) is 16.0. The molecule has 0 aliphatic rings. The highest BCUT2D eigenvalue weighted by Gasteiger charge is 2.17. The van der Waals surface area contributed by atoms with Gasteiger partial charge < -0.3 is 14.6 Å². The van der Waals surface area contributed by atoms with E-state index in [-0.39, 0.29) is 11.9 Å². The van der Waals surface area contributed by atoms with E-state index >= 15 is 0 Å². The number of benzene rings is 1. The monoisotopic (exact) mass is 407 g/mol. The lowest BCUT2D eigenvalue weighted by Gasteiger charge is -2.15. The molecule has 2 N–H and O–H groups in total. The summed E-state index contributed by atoms with van der Waals surface area (Å²) in [7, 11) is 2.03. The number of thiophene rings is 1. The number of nitrogens with one attached hydrogen (secondary N) is 2. The van der Waals surface area contributed by atoms with Crippen molar-refractivity contribution in [1.82, 2.24) is 5.32 Å². The quantitative estimate of drug-likeness (QED) is 0.659. The normalized spacial score (nSPS) is 13.8. The van der Waals surface area contributed by atoms with Crippen molar-refractivity contribution < 1.29 is 14.1 Å². The molecule has 24 heavy (non-hydrogen) atoms. The van der Waals surface area contributed by atoms with Gasteiger partial charge in [-0.15, -0.1) is 11.3 Å². The third kappa shape index (κ3) is 4.26. The fraction of sp³-hybridized carbons (Fsp3) is 0.278. The van der Waals surface area contributed by atoms with Gasteiger partial charge in [0.15, 0.2) is 6.54 Å². The van der Waals surface area contributed by atoms with Crippen LogP contribution < -0.4 is 10.2 Å². The second kappa shape index (κ2) is 7.51. The van der Waals surface area contributed by atoms with Crippen LogP contribution in [0.15, 0.2) is 50.7 Å². The standard InChI is InChI=1S/C18H19BrN2O2S/c1-12(16-9-13-5-3-4-6-15(13)23-16)20-18(22)11-21(2)10-14-7-8-17(19)24-14/h3-9,12H,10-11H2,1-2H3,(H,20,22)/p+1/t12-/m0/s1. The number of fused-ring (bicyclic) bond motifs is 1. The van der Waals surface area contributed by atoms with Gasteiger partial charge in [-0.2, -0.15) is 0 Å². The minimum absolute atomic E-state index is 0.0241. The maximum atomic E-state index is 12.3. The largest absolute Gasteiger partial charge is 0.459 e. The van der Waals surface area contributed by atoms with E-state index in [0.29, 0.717) is 6.54 Å². The van der Waals surface area contributed by atoms with Crippen molar-refractivity contribution in [2.45, 2.75) is 19.5 Å². The van der Waals surface area contributed by atoms with Crippen LogP contribution in [-0.2, 0) is 11.3 Å². The molecular formula is C18H20BrN2O2S+. The van der Waals surface area contributed by atoms with Gasteiger partial charge in [-0.1, -0.05) is 18.2 Å². The number of carbonyl (C=O) groups is 1. The molecule has 0 bridgehead atoms. The zero-order chi connectivity index (χ0) is 17.1. The van der Waals surface area contributed by atoms with Crippen LogP contribution in [-0.4, -0.2) is 19.5 Å². The second-order valence-corrected chi connectivity index (χ2v) is 8.54. The Morgan fingerprint density at radius 1 is 1.33 bits per heavy atom. The van der Waals surface area contributed by atoms with Crippen LogP contribution in [0.1, 0.15) is 23.6 Å². The van der Waals surface area contributed by atoms with E-state index in [2.05, 4.69) is 27.3 Å². The highest BCUT2D eigenvalue weighted by Crippen LogP contribution is 2.23. The lowest BCUT2D eigenvalue weighted by Crippen LogP contribution is -3.08. The number of furan rings is 1. The van der Waals surface area contributed by atoms with Gasteiger partial charge in [-0.05, 0) is 47.1 Å². The Kier molecular flexibility index (Phi) is 5.38. The second-order valence-electron chi connectivity index (χ2n) is 5.99. The number of likely N-dealkylation sites (N-methyl/N-ethyl adjacent to an activating group) is 1. The molecule has 0 aliphatic heterocycles. The predicted octanol–water partition coefficient (Wildman–Crippen LogP) is 3.15. The Balaban J connectivity index is 1.55. The summed E-state index contributed by atoms with van der Waals surface area (Å²) in [6.45, 7) is 3.21. The van der Waals surface area contributed by atoms with Gasteiger partial charge in [-0.25, -0.2) is 0 Å². The predicted molar refractivity (Wildman–Crippen MR) is 100 cm³/mol. The molecule has 2 atom stereocenters. The average molecular weight is 408 g/mol. The van der Waals surface area contributed by atoms with Crippen molar-refractivity contribution in [3.63, 3.8) is 0 Å². The van der Waals surface area contributed by atoms with Crippen molar-refractivity contribution >= 4 is 44.1 Å². The molecule has 3 aromatic rings. The summed E-state index contributed by atoms with van der Waals surface area (Å²) >= 11 is 5.17. The highest BCUT2D eigenvalue weighted by molar-refractivity contribution is 9.11. The first-order chi connectivity index (χ1) is 11.5. The van der Waals surface area contributed by atoms with E-state index < -0.39 is 0 Å². The zero-order valence-electron chi connectivity index (χ0n) is 13.6. The first kappa shape index (κ1) is 17.2. The summed E-state index contributed by atoms with van der Waals surface area (Å²) in [5, 5.41) is 4.07. The van der Waals surface area contributed by atoms with Crippen LogP contribution in [0.2, 0.25) is 0 Å². The molecule has 0 aliphatic carbocycles. The van der Waals surface area contributed by atoms with Crippen molar-refractivity contribution in [2.24, 2.45) is 0 Å². The lowest BCUT2D eigenvalue weighted by atomic mass is 10.2. The number of rotatable bonds is 6.